The summed E-state index contributed by atoms with van der Waals surface area (Å²) in [5, 5.41) is 1.16. The second kappa shape index (κ2) is 13.7. The van der Waals surface area contributed by atoms with Crippen molar-refractivity contribution in [2.24, 2.45) is 11.8 Å². The lowest BCUT2D eigenvalue weighted by atomic mass is 9.87. The molecule has 2 aliphatic rings. The molecule has 2 aliphatic heterocycles. The summed E-state index contributed by atoms with van der Waals surface area (Å²) in [7, 11) is 1.76. The predicted molar refractivity (Wildman–Crippen MR) is 181 cm³/mol. The van der Waals surface area contributed by atoms with E-state index in [1.165, 1.54) is 17.7 Å². The Kier molecular flexibility index (Phi) is 10.1. The molecule has 8 nitrogen and oxygen atoms in total. The molecule has 0 spiro atoms. The zero-order valence-corrected chi connectivity index (χ0v) is 29.0. The lowest BCUT2D eigenvalue weighted by Crippen LogP contribution is -2.47. The Labute approximate surface area is 273 Å². The molecule has 3 aromatic rings. The summed E-state index contributed by atoms with van der Waals surface area (Å²) in [6.07, 6.45) is 10.9. The van der Waals surface area contributed by atoms with Crippen molar-refractivity contribution >= 4 is 22.9 Å². The van der Waals surface area contributed by atoms with Crippen LogP contribution in [0.2, 0.25) is 0 Å². The Morgan fingerprint density at radius 2 is 1.83 bits per heavy atom. The van der Waals surface area contributed by atoms with Gasteiger partial charge in [-0.3, -0.25) is 14.7 Å². The Balaban J connectivity index is 1.34. The quantitative estimate of drug-likeness (QED) is 0.262. The van der Waals surface area contributed by atoms with Gasteiger partial charge < -0.3 is 19.1 Å². The summed E-state index contributed by atoms with van der Waals surface area (Å²) in [6, 6.07) is 4.97. The molecule has 4 heterocycles. The van der Waals surface area contributed by atoms with Gasteiger partial charge in [0.05, 0.1) is 23.0 Å². The zero-order chi connectivity index (χ0) is 33.3. The zero-order valence-electron chi connectivity index (χ0n) is 29.0. The molecule has 0 aliphatic carbocycles. The van der Waals surface area contributed by atoms with Crippen molar-refractivity contribution in [2.45, 2.75) is 98.3 Å². The van der Waals surface area contributed by atoms with Crippen molar-refractivity contribution in [3.8, 4) is 5.69 Å². The first kappa shape index (κ1) is 33.9. The van der Waals surface area contributed by atoms with Crippen molar-refractivity contribution in [3.05, 3.63) is 59.3 Å². The molecule has 0 bridgehead atoms. The first-order valence-electron chi connectivity index (χ1n) is 17.0. The van der Waals surface area contributed by atoms with Crippen LogP contribution in [0.5, 0.6) is 0 Å². The van der Waals surface area contributed by atoms with Crippen LogP contribution in [0.4, 0.5) is 9.18 Å². The van der Waals surface area contributed by atoms with E-state index in [-0.39, 0.29) is 18.0 Å². The third kappa shape index (κ3) is 7.24. The molecule has 1 aromatic carbocycles. The van der Waals surface area contributed by atoms with E-state index in [0.29, 0.717) is 29.1 Å². The van der Waals surface area contributed by atoms with E-state index in [1.807, 2.05) is 56.5 Å². The summed E-state index contributed by atoms with van der Waals surface area (Å²) in [4.78, 5) is 36.8. The van der Waals surface area contributed by atoms with E-state index in [4.69, 9.17) is 4.74 Å². The van der Waals surface area contributed by atoms with Gasteiger partial charge in [0.15, 0.2) is 0 Å². The standard InChI is InChI=1S/C37H52FN5O3/c1-9-31(27-13-16-41(17-14-27)36(45)46-37(5,6)7)42-15-12-26(22-42)18-28-23-43(33-21-39-20-25(4)34(28)33)32-11-10-29(38)19-30(32)35(44)40(8)24(2)3/h10-11,19-21,23-24,26-27,31H,9,12-18,22H2,1-8H3/t26-,31-/m0/s1. The van der Waals surface area contributed by atoms with Gasteiger partial charge in [0, 0.05) is 56.5 Å². The highest BCUT2D eigenvalue weighted by atomic mass is 19.1. The number of amides is 2. The molecule has 0 N–H and O–H groups in total. The summed E-state index contributed by atoms with van der Waals surface area (Å²) >= 11 is 0. The predicted octanol–water partition coefficient (Wildman–Crippen LogP) is 7.24. The van der Waals surface area contributed by atoms with E-state index in [2.05, 4.69) is 29.9 Å². The average Bonchev–Trinajstić information content (AvgIpc) is 3.61. The third-order valence-electron chi connectivity index (χ3n) is 9.97. The number of carbonyl (C=O) groups is 2. The van der Waals surface area contributed by atoms with E-state index >= 15 is 0 Å². The maximum absolute atomic E-state index is 14.5. The maximum Gasteiger partial charge on any atom is 0.410 e. The van der Waals surface area contributed by atoms with Gasteiger partial charge in [0.25, 0.3) is 5.91 Å². The van der Waals surface area contributed by atoms with Gasteiger partial charge in [-0.15, -0.1) is 0 Å². The number of likely N-dealkylation sites (tertiary alicyclic amines) is 2. The highest BCUT2D eigenvalue weighted by Gasteiger charge is 2.36. The molecule has 46 heavy (non-hydrogen) atoms. The van der Waals surface area contributed by atoms with E-state index in [1.54, 1.807) is 18.0 Å². The van der Waals surface area contributed by atoms with E-state index < -0.39 is 11.4 Å². The fourth-order valence-corrected chi connectivity index (χ4v) is 7.43. The summed E-state index contributed by atoms with van der Waals surface area (Å²) in [5.41, 5.74) is 3.80. The maximum atomic E-state index is 14.5. The van der Waals surface area contributed by atoms with Gasteiger partial charge in [-0.05, 0) is 121 Å². The number of ether oxygens (including phenoxy) is 1. The van der Waals surface area contributed by atoms with Gasteiger partial charge in [-0.2, -0.15) is 0 Å². The van der Waals surface area contributed by atoms with Crippen LogP contribution < -0.4 is 0 Å². The van der Waals surface area contributed by atoms with Crippen LogP contribution in [-0.2, 0) is 11.2 Å². The van der Waals surface area contributed by atoms with Crippen molar-refractivity contribution in [2.75, 3.05) is 33.2 Å². The van der Waals surface area contributed by atoms with Gasteiger partial charge in [-0.1, -0.05) is 6.92 Å². The van der Waals surface area contributed by atoms with Crippen LogP contribution in [0.15, 0.2) is 36.8 Å². The number of aromatic nitrogens is 2. The van der Waals surface area contributed by atoms with Crippen LogP contribution in [0, 0.1) is 24.6 Å². The third-order valence-corrected chi connectivity index (χ3v) is 9.97. The molecular formula is C37H52FN5O3. The molecule has 0 unspecified atom stereocenters. The van der Waals surface area contributed by atoms with E-state index in [0.717, 1.165) is 74.7 Å². The van der Waals surface area contributed by atoms with Crippen LogP contribution in [-0.4, -0.2) is 87.2 Å². The largest absolute Gasteiger partial charge is 0.444 e. The fraction of sp³-hybridized carbons (Fsp3) is 0.595. The molecule has 2 fully saturated rings. The number of rotatable bonds is 8. The highest BCUT2D eigenvalue weighted by molar-refractivity contribution is 5.99. The number of aryl methyl sites for hydroxylation is 1. The molecule has 2 amide bonds. The number of halogens is 1. The number of benzene rings is 1. The van der Waals surface area contributed by atoms with Crippen LogP contribution in [0.1, 0.15) is 88.7 Å². The lowest BCUT2D eigenvalue weighted by molar-refractivity contribution is 0.0133. The minimum absolute atomic E-state index is 0.0146. The number of piperidine rings is 1. The topological polar surface area (TPSA) is 70.9 Å². The molecule has 250 valence electrons. The lowest BCUT2D eigenvalue weighted by Gasteiger charge is -2.40. The molecule has 2 saturated heterocycles. The molecule has 2 atom stereocenters. The van der Waals surface area contributed by atoms with Crippen LogP contribution in [0.25, 0.3) is 16.6 Å². The first-order valence-corrected chi connectivity index (χ1v) is 17.0. The number of carbonyl (C=O) groups excluding carboxylic acids is 2. The second-order valence-electron chi connectivity index (χ2n) is 14.7. The number of nitrogens with zero attached hydrogens (tertiary/aromatic N) is 5. The molecule has 9 heteroatoms. The van der Waals surface area contributed by atoms with Crippen molar-refractivity contribution in [1.82, 2.24) is 24.3 Å². The van der Waals surface area contributed by atoms with E-state index in [9.17, 15) is 14.0 Å². The normalized spacial score (nSPS) is 18.8. The SMILES string of the molecule is CC[C@@H](C1CCN(C(=O)OC(C)(C)C)CC1)N1CC[C@@H](Cc2cn(-c3ccc(F)cc3C(=O)N(C)C(C)C)c3cncc(C)c23)C1. The summed E-state index contributed by atoms with van der Waals surface area (Å²) in [6.45, 7) is 17.7. The minimum Gasteiger partial charge on any atom is -0.444 e. The molecule has 5 rings (SSSR count). The van der Waals surface area contributed by atoms with Gasteiger partial charge >= 0.3 is 6.09 Å². The fourth-order valence-electron chi connectivity index (χ4n) is 7.43. The number of fused-ring (bicyclic) bond motifs is 1. The minimum atomic E-state index is -0.477. The molecular weight excluding hydrogens is 581 g/mol. The Bertz CT molecular complexity index is 1550. The van der Waals surface area contributed by atoms with Crippen LogP contribution >= 0.6 is 0 Å². The molecule has 0 saturated carbocycles. The summed E-state index contributed by atoms with van der Waals surface area (Å²) < 4.78 is 22.2. The van der Waals surface area contributed by atoms with Gasteiger partial charge in [0.2, 0.25) is 0 Å². The Hall–Kier alpha value is -3.46. The highest BCUT2D eigenvalue weighted by Crippen LogP contribution is 2.35. The van der Waals surface area contributed by atoms with Crippen molar-refractivity contribution < 1.29 is 18.7 Å². The van der Waals surface area contributed by atoms with Crippen molar-refractivity contribution in [3.63, 3.8) is 0 Å². The second-order valence-corrected chi connectivity index (χ2v) is 14.7. The number of pyridine rings is 1. The monoisotopic (exact) mass is 633 g/mol. The Morgan fingerprint density at radius 3 is 2.48 bits per heavy atom. The number of hydrogen-bond donors (Lipinski definition) is 0. The average molecular weight is 634 g/mol. The molecule has 0 radical (unpaired) electrons. The van der Waals surface area contributed by atoms with Crippen molar-refractivity contribution in [1.29, 1.82) is 0 Å². The van der Waals surface area contributed by atoms with Gasteiger partial charge in [0.1, 0.15) is 11.4 Å². The smallest absolute Gasteiger partial charge is 0.410 e. The number of hydrogen-bond acceptors (Lipinski definition) is 5. The summed E-state index contributed by atoms with van der Waals surface area (Å²) in [5.74, 6) is 0.435. The van der Waals surface area contributed by atoms with Gasteiger partial charge in [-0.25, -0.2) is 9.18 Å². The molecule has 2 aromatic heterocycles. The van der Waals surface area contributed by atoms with Crippen LogP contribution in [0.3, 0.4) is 0 Å². The Morgan fingerprint density at radius 1 is 1.11 bits per heavy atom. The first-order chi connectivity index (χ1) is 21.8.